The third-order valence-electron chi connectivity index (χ3n) is 5.83. The van der Waals surface area contributed by atoms with Gasteiger partial charge in [-0.15, -0.1) is 0 Å². The molecule has 1 fully saturated rings. The summed E-state index contributed by atoms with van der Waals surface area (Å²) in [5.41, 5.74) is 3.40. The van der Waals surface area contributed by atoms with Gasteiger partial charge in [-0.25, -0.2) is 4.39 Å². The van der Waals surface area contributed by atoms with Gasteiger partial charge < -0.3 is 9.30 Å². The fraction of sp³-hybridized carbons (Fsp3) is 0.111. The minimum atomic E-state index is -0.243. The summed E-state index contributed by atoms with van der Waals surface area (Å²) in [6, 6.07) is 20.3. The van der Waals surface area contributed by atoms with Crippen molar-refractivity contribution < 1.29 is 13.9 Å². The maximum Gasteiger partial charge on any atom is 0.266 e. The Bertz CT molecular complexity index is 1480. The Morgan fingerprint density at radius 2 is 1.86 bits per heavy atom. The summed E-state index contributed by atoms with van der Waals surface area (Å²) in [6.45, 7) is 0.781. The van der Waals surface area contributed by atoms with Crippen molar-refractivity contribution in [1.82, 2.24) is 9.47 Å². The van der Waals surface area contributed by atoms with E-state index in [1.54, 1.807) is 24.1 Å². The molecule has 0 radical (unpaired) electrons. The molecular formula is C27H20BrFN2O2S2. The van der Waals surface area contributed by atoms with Gasteiger partial charge >= 0.3 is 0 Å². The van der Waals surface area contributed by atoms with Crippen LogP contribution in [-0.4, -0.2) is 26.8 Å². The molecule has 0 saturated carbocycles. The number of carbonyl (C=O) groups excluding carboxylic acids is 1. The van der Waals surface area contributed by atoms with Crippen molar-refractivity contribution in [1.29, 1.82) is 0 Å². The highest BCUT2D eigenvalue weighted by molar-refractivity contribution is 9.10. The fourth-order valence-corrected chi connectivity index (χ4v) is 5.65. The molecule has 4 aromatic rings. The van der Waals surface area contributed by atoms with E-state index >= 15 is 0 Å². The predicted molar refractivity (Wildman–Crippen MR) is 147 cm³/mol. The molecule has 0 bridgehead atoms. The number of hydrogen-bond acceptors (Lipinski definition) is 4. The van der Waals surface area contributed by atoms with Gasteiger partial charge in [-0.2, -0.15) is 0 Å². The molecule has 0 spiro atoms. The number of rotatable bonds is 6. The number of methoxy groups -OCH3 is 1. The Labute approximate surface area is 220 Å². The number of thioether (sulfide) groups is 1. The normalized spacial score (nSPS) is 14.9. The number of halogens is 2. The van der Waals surface area contributed by atoms with Crippen LogP contribution in [0.3, 0.4) is 0 Å². The molecule has 0 unspecified atom stereocenters. The zero-order valence-corrected chi connectivity index (χ0v) is 21.9. The summed E-state index contributed by atoms with van der Waals surface area (Å²) in [6.07, 6.45) is 3.83. The molecule has 1 aromatic heterocycles. The van der Waals surface area contributed by atoms with Gasteiger partial charge in [-0.05, 0) is 48.0 Å². The molecule has 0 N–H and O–H groups in total. The topological polar surface area (TPSA) is 34.5 Å². The van der Waals surface area contributed by atoms with Gasteiger partial charge in [-0.3, -0.25) is 9.69 Å². The van der Waals surface area contributed by atoms with Crippen molar-refractivity contribution in [2.45, 2.75) is 13.1 Å². The number of thiocarbonyl (C=S) groups is 1. The Hall–Kier alpha value is -2.94. The number of ether oxygens (including phenoxy) is 1. The van der Waals surface area contributed by atoms with Gasteiger partial charge in [0.25, 0.3) is 5.91 Å². The van der Waals surface area contributed by atoms with Crippen LogP contribution < -0.4 is 4.74 Å². The lowest BCUT2D eigenvalue weighted by Gasteiger charge is -2.14. The van der Waals surface area contributed by atoms with Crippen molar-refractivity contribution in [3.8, 4) is 5.75 Å². The maximum atomic E-state index is 14.3. The number of nitrogens with zero attached hydrogens (tertiary/aromatic N) is 2. The summed E-state index contributed by atoms with van der Waals surface area (Å²) in [7, 11) is 1.62. The molecule has 1 saturated heterocycles. The quantitative estimate of drug-likeness (QED) is 0.186. The molecular weight excluding hydrogens is 547 g/mol. The van der Waals surface area contributed by atoms with Gasteiger partial charge in [0, 0.05) is 32.7 Å². The van der Waals surface area contributed by atoms with E-state index in [-0.39, 0.29) is 11.7 Å². The van der Waals surface area contributed by atoms with Gasteiger partial charge in [0.1, 0.15) is 15.9 Å². The standard InChI is InChI=1S/C27H20BrFN2O2S2/c1-33-21-9-6-17(7-10-21)14-31-26(32)25(35-27(31)34)12-19-16-30(15-18-4-2-3-5-23(18)29)24-11-8-20(28)13-22(19)24/h2-13,16H,14-15H2,1H3/b25-12-. The van der Waals surface area contributed by atoms with Crippen LogP contribution in [-0.2, 0) is 17.9 Å². The van der Waals surface area contributed by atoms with E-state index in [9.17, 15) is 9.18 Å². The van der Waals surface area contributed by atoms with E-state index in [1.165, 1.54) is 17.8 Å². The van der Waals surface area contributed by atoms with E-state index in [1.807, 2.05) is 65.4 Å². The second-order valence-electron chi connectivity index (χ2n) is 8.08. The number of amides is 1. The van der Waals surface area contributed by atoms with Crippen LogP contribution in [0, 0.1) is 5.82 Å². The zero-order valence-electron chi connectivity index (χ0n) is 18.7. The number of fused-ring (bicyclic) bond motifs is 1. The van der Waals surface area contributed by atoms with Crippen molar-refractivity contribution in [2.24, 2.45) is 0 Å². The number of carbonyl (C=O) groups is 1. The first-order valence-corrected chi connectivity index (χ1v) is 12.8. The Morgan fingerprint density at radius 3 is 2.60 bits per heavy atom. The highest BCUT2D eigenvalue weighted by Crippen LogP contribution is 2.36. The summed E-state index contributed by atoms with van der Waals surface area (Å²) >= 11 is 10.4. The molecule has 4 nitrogen and oxygen atoms in total. The largest absolute Gasteiger partial charge is 0.497 e. The van der Waals surface area contributed by atoms with Crippen LogP contribution >= 0.6 is 39.9 Å². The van der Waals surface area contributed by atoms with Crippen molar-refractivity contribution >= 4 is 67.1 Å². The van der Waals surface area contributed by atoms with Crippen LogP contribution in [0.15, 0.2) is 82.3 Å². The number of hydrogen-bond donors (Lipinski definition) is 0. The lowest BCUT2D eigenvalue weighted by atomic mass is 10.1. The molecule has 2 heterocycles. The van der Waals surface area contributed by atoms with Gasteiger partial charge in [0.05, 0.1) is 25.1 Å². The average Bonchev–Trinajstić information content (AvgIpc) is 3.32. The second-order valence-corrected chi connectivity index (χ2v) is 10.7. The predicted octanol–water partition coefficient (Wildman–Crippen LogP) is 7.00. The van der Waals surface area contributed by atoms with Gasteiger partial charge in [-0.1, -0.05) is 70.2 Å². The fourth-order valence-electron chi connectivity index (χ4n) is 4.04. The highest BCUT2D eigenvalue weighted by atomic mass is 79.9. The molecule has 1 amide bonds. The summed E-state index contributed by atoms with van der Waals surface area (Å²) in [4.78, 5) is 15.4. The molecule has 176 valence electrons. The van der Waals surface area contributed by atoms with Crippen LogP contribution in [0.2, 0.25) is 0 Å². The smallest absolute Gasteiger partial charge is 0.266 e. The first-order chi connectivity index (χ1) is 16.9. The third-order valence-corrected chi connectivity index (χ3v) is 7.70. The summed E-state index contributed by atoms with van der Waals surface area (Å²) in [5.74, 6) is 0.394. The summed E-state index contributed by atoms with van der Waals surface area (Å²) in [5, 5.41) is 0.969. The molecule has 35 heavy (non-hydrogen) atoms. The molecule has 1 aliphatic rings. The van der Waals surface area contributed by atoms with Crippen LogP contribution in [0.4, 0.5) is 4.39 Å². The van der Waals surface area contributed by atoms with Crippen LogP contribution in [0.25, 0.3) is 17.0 Å². The van der Waals surface area contributed by atoms with Crippen molar-refractivity contribution in [3.63, 3.8) is 0 Å². The molecule has 0 aliphatic carbocycles. The molecule has 1 aliphatic heterocycles. The van der Waals surface area contributed by atoms with E-state index in [0.29, 0.717) is 27.9 Å². The van der Waals surface area contributed by atoms with Crippen LogP contribution in [0.1, 0.15) is 16.7 Å². The van der Waals surface area contributed by atoms with Gasteiger partial charge in [0.2, 0.25) is 0 Å². The number of aromatic nitrogens is 1. The Morgan fingerprint density at radius 1 is 1.09 bits per heavy atom. The maximum absolute atomic E-state index is 14.3. The minimum absolute atomic E-state index is 0.124. The molecule has 8 heteroatoms. The number of benzene rings is 3. The first kappa shape index (κ1) is 23.8. The SMILES string of the molecule is COc1ccc(CN2C(=O)/C(=C/c3cn(Cc4ccccc4F)c4ccc(Br)cc34)SC2=S)cc1. The Kier molecular flexibility index (Phi) is 6.77. The van der Waals surface area contributed by atoms with Crippen molar-refractivity contribution in [2.75, 3.05) is 7.11 Å². The van der Waals surface area contributed by atoms with E-state index in [0.717, 1.165) is 32.3 Å². The molecule has 3 aromatic carbocycles. The third kappa shape index (κ3) is 4.91. The summed E-state index contributed by atoms with van der Waals surface area (Å²) < 4.78 is 23.0. The van der Waals surface area contributed by atoms with Crippen molar-refractivity contribution in [3.05, 3.63) is 105 Å². The highest BCUT2D eigenvalue weighted by Gasteiger charge is 2.32. The van der Waals surface area contributed by atoms with Gasteiger partial charge in [0.15, 0.2) is 0 Å². The van der Waals surface area contributed by atoms with E-state index in [4.69, 9.17) is 17.0 Å². The lowest BCUT2D eigenvalue weighted by molar-refractivity contribution is -0.122. The van der Waals surface area contributed by atoms with E-state index < -0.39 is 0 Å². The van der Waals surface area contributed by atoms with E-state index in [2.05, 4.69) is 15.9 Å². The van der Waals surface area contributed by atoms with Crippen LogP contribution in [0.5, 0.6) is 5.75 Å². The zero-order chi connectivity index (χ0) is 24.5. The first-order valence-electron chi connectivity index (χ1n) is 10.8. The minimum Gasteiger partial charge on any atom is -0.497 e. The lowest BCUT2D eigenvalue weighted by Crippen LogP contribution is -2.27. The Balaban J connectivity index is 1.47. The molecule has 5 rings (SSSR count). The average molecular weight is 568 g/mol. The molecule has 0 atom stereocenters. The second kappa shape index (κ2) is 9.97. The monoisotopic (exact) mass is 566 g/mol.